The van der Waals surface area contributed by atoms with E-state index in [2.05, 4.69) is 9.80 Å². The van der Waals surface area contributed by atoms with Crippen LogP contribution in [0.5, 0.6) is 0 Å². The lowest BCUT2D eigenvalue weighted by Gasteiger charge is -2.35. The summed E-state index contributed by atoms with van der Waals surface area (Å²) in [6.07, 6.45) is 4.85. The SMILES string of the molecule is CC(=O)N1CCN(c2nc(CN3CCOCC3)nc3sc4c(c23)CCCC4)CC1. The molecule has 2 aromatic heterocycles. The molecule has 8 heteroatoms. The number of aromatic nitrogens is 2. The normalized spacial score (nSPS) is 20.9. The molecule has 5 rings (SSSR count). The molecule has 4 heterocycles. The second-order valence-electron chi connectivity index (χ2n) is 8.24. The first-order chi connectivity index (χ1) is 14.2. The molecule has 0 unspecified atom stereocenters. The van der Waals surface area contributed by atoms with Crippen LogP contribution in [0.3, 0.4) is 0 Å². The van der Waals surface area contributed by atoms with Crippen LogP contribution in [0.4, 0.5) is 5.82 Å². The third-order valence-corrected chi connectivity index (χ3v) is 7.52. The summed E-state index contributed by atoms with van der Waals surface area (Å²) in [4.78, 5) is 31.2. The van der Waals surface area contributed by atoms with E-state index in [1.165, 1.54) is 35.1 Å². The predicted octanol–water partition coefficient (Wildman–Crippen LogP) is 2.07. The lowest BCUT2D eigenvalue weighted by molar-refractivity contribution is -0.129. The minimum atomic E-state index is 0.165. The minimum Gasteiger partial charge on any atom is -0.379 e. The van der Waals surface area contributed by atoms with E-state index < -0.39 is 0 Å². The number of hydrogen-bond donors (Lipinski definition) is 0. The van der Waals surface area contributed by atoms with E-state index >= 15 is 0 Å². The van der Waals surface area contributed by atoms with Crippen molar-refractivity contribution in [1.29, 1.82) is 0 Å². The molecule has 0 bridgehead atoms. The Morgan fingerprint density at radius 1 is 1.03 bits per heavy atom. The molecule has 0 spiro atoms. The van der Waals surface area contributed by atoms with Gasteiger partial charge >= 0.3 is 0 Å². The molecule has 156 valence electrons. The van der Waals surface area contributed by atoms with E-state index in [-0.39, 0.29) is 5.91 Å². The van der Waals surface area contributed by atoms with Crippen LogP contribution in [0.2, 0.25) is 0 Å². The minimum absolute atomic E-state index is 0.165. The fourth-order valence-electron chi connectivity index (χ4n) is 4.67. The summed E-state index contributed by atoms with van der Waals surface area (Å²) in [6.45, 7) is 9.11. The van der Waals surface area contributed by atoms with Crippen molar-refractivity contribution in [2.75, 3.05) is 57.4 Å². The van der Waals surface area contributed by atoms with Gasteiger partial charge in [-0.05, 0) is 31.2 Å². The number of carbonyl (C=O) groups excluding carboxylic acids is 1. The second-order valence-corrected chi connectivity index (χ2v) is 9.32. The van der Waals surface area contributed by atoms with E-state index in [0.717, 1.165) is 81.9 Å². The predicted molar refractivity (Wildman–Crippen MR) is 115 cm³/mol. The van der Waals surface area contributed by atoms with Gasteiger partial charge in [0.15, 0.2) is 0 Å². The van der Waals surface area contributed by atoms with Gasteiger partial charge in [0, 0.05) is 51.1 Å². The molecular formula is C21H29N5O2S. The number of aryl methyl sites for hydroxylation is 2. The number of ether oxygens (including phenoxy) is 1. The Morgan fingerprint density at radius 2 is 1.79 bits per heavy atom. The molecule has 2 fully saturated rings. The van der Waals surface area contributed by atoms with Gasteiger partial charge in [-0.25, -0.2) is 9.97 Å². The van der Waals surface area contributed by atoms with Crippen LogP contribution in [-0.4, -0.2) is 78.2 Å². The standard InChI is InChI=1S/C21H29N5O2S/c1-15(27)25-6-8-26(9-7-25)20-19-16-4-2-3-5-17(16)29-21(19)23-18(22-20)14-24-10-12-28-13-11-24/h2-14H2,1H3. The Kier molecular flexibility index (Phi) is 5.41. The molecule has 7 nitrogen and oxygen atoms in total. The summed E-state index contributed by atoms with van der Waals surface area (Å²) < 4.78 is 5.49. The third kappa shape index (κ3) is 3.85. The van der Waals surface area contributed by atoms with Gasteiger partial charge < -0.3 is 14.5 Å². The van der Waals surface area contributed by atoms with Crippen molar-refractivity contribution in [3.63, 3.8) is 0 Å². The zero-order valence-corrected chi connectivity index (χ0v) is 18.0. The Balaban J connectivity index is 1.50. The highest BCUT2D eigenvalue weighted by molar-refractivity contribution is 7.19. The Hall–Kier alpha value is -1.77. The van der Waals surface area contributed by atoms with Gasteiger partial charge in [-0.3, -0.25) is 9.69 Å². The van der Waals surface area contributed by atoms with Gasteiger partial charge in [-0.15, -0.1) is 11.3 Å². The van der Waals surface area contributed by atoms with Gasteiger partial charge in [0.2, 0.25) is 5.91 Å². The van der Waals surface area contributed by atoms with E-state index in [9.17, 15) is 4.79 Å². The van der Waals surface area contributed by atoms with Crippen molar-refractivity contribution in [2.24, 2.45) is 0 Å². The smallest absolute Gasteiger partial charge is 0.219 e. The number of hydrogen-bond acceptors (Lipinski definition) is 7. The van der Waals surface area contributed by atoms with E-state index in [4.69, 9.17) is 14.7 Å². The Bertz CT molecular complexity index is 900. The number of morpholine rings is 1. The number of amides is 1. The van der Waals surface area contributed by atoms with Gasteiger partial charge in [-0.2, -0.15) is 0 Å². The largest absolute Gasteiger partial charge is 0.379 e. The van der Waals surface area contributed by atoms with Crippen LogP contribution in [0.1, 0.15) is 36.0 Å². The Morgan fingerprint density at radius 3 is 2.55 bits per heavy atom. The number of piperazine rings is 1. The number of fused-ring (bicyclic) bond motifs is 3. The highest BCUT2D eigenvalue weighted by atomic mass is 32.1. The highest BCUT2D eigenvalue weighted by Gasteiger charge is 2.27. The Labute approximate surface area is 175 Å². The van der Waals surface area contributed by atoms with Crippen LogP contribution in [-0.2, 0) is 28.9 Å². The second kappa shape index (κ2) is 8.16. The highest BCUT2D eigenvalue weighted by Crippen LogP contribution is 2.40. The summed E-state index contributed by atoms with van der Waals surface area (Å²) in [5.41, 5.74) is 1.48. The van der Waals surface area contributed by atoms with Crippen molar-refractivity contribution >= 4 is 33.3 Å². The average Bonchev–Trinajstić information content (AvgIpc) is 3.12. The zero-order valence-electron chi connectivity index (χ0n) is 17.2. The molecule has 2 aliphatic heterocycles. The summed E-state index contributed by atoms with van der Waals surface area (Å²) in [5.74, 6) is 2.18. The number of nitrogens with zero attached hydrogens (tertiary/aromatic N) is 5. The van der Waals surface area contributed by atoms with E-state index in [0.29, 0.717) is 0 Å². The van der Waals surface area contributed by atoms with Gasteiger partial charge in [0.1, 0.15) is 16.5 Å². The van der Waals surface area contributed by atoms with Gasteiger partial charge in [0.05, 0.1) is 25.1 Å². The van der Waals surface area contributed by atoms with E-state index in [1.807, 2.05) is 16.2 Å². The molecule has 2 saturated heterocycles. The van der Waals surface area contributed by atoms with Crippen molar-refractivity contribution in [3.8, 4) is 0 Å². The molecule has 2 aromatic rings. The molecule has 1 amide bonds. The lowest BCUT2D eigenvalue weighted by atomic mass is 9.97. The maximum atomic E-state index is 11.7. The van der Waals surface area contributed by atoms with Crippen molar-refractivity contribution in [3.05, 3.63) is 16.3 Å². The molecule has 0 aromatic carbocycles. The molecule has 0 atom stereocenters. The quantitative estimate of drug-likeness (QED) is 0.765. The summed E-state index contributed by atoms with van der Waals surface area (Å²) in [6, 6.07) is 0. The maximum Gasteiger partial charge on any atom is 0.219 e. The third-order valence-electron chi connectivity index (χ3n) is 6.34. The van der Waals surface area contributed by atoms with Crippen molar-refractivity contribution < 1.29 is 9.53 Å². The van der Waals surface area contributed by atoms with Crippen LogP contribution < -0.4 is 4.90 Å². The van der Waals surface area contributed by atoms with Gasteiger partial charge in [-0.1, -0.05) is 0 Å². The average molecular weight is 416 g/mol. The van der Waals surface area contributed by atoms with Crippen LogP contribution >= 0.6 is 11.3 Å². The molecular weight excluding hydrogens is 386 g/mol. The molecule has 0 saturated carbocycles. The van der Waals surface area contributed by atoms with Gasteiger partial charge in [0.25, 0.3) is 0 Å². The van der Waals surface area contributed by atoms with Crippen molar-refractivity contribution in [1.82, 2.24) is 19.8 Å². The number of thiophene rings is 1. The molecule has 29 heavy (non-hydrogen) atoms. The van der Waals surface area contributed by atoms with Crippen LogP contribution in [0.25, 0.3) is 10.2 Å². The van der Waals surface area contributed by atoms with Crippen molar-refractivity contribution in [2.45, 2.75) is 39.2 Å². The molecule has 0 N–H and O–H groups in total. The first-order valence-electron chi connectivity index (χ1n) is 10.8. The first kappa shape index (κ1) is 19.2. The zero-order chi connectivity index (χ0) is 19.8. The monoisotopic (exact) mass is 415 g/mol. The maximum absolute atomic E-state index is 11.7. The molecule has 0 radical (unpaired) electrons. The first-order valence-corrected chi connectivity index (χ1v) is 11.6. The fourth-order valence-corrected chi connectivity index (χ4v) is 5.95. The van der Waals surface area contributed by atoms with E-state index in [1.54, 1.807) is 6.92 Å². The summed E-state index contributed by atoms with van der Waals surface area (Å²) in [5, 5.41) is 1.28. The number of anilines is 1. The van der Waals surface area contributed by atoms with Crippen LogP contribution in [0, 0.1) is 0 Å². The summed E-state index contributed by atoms with van der Waals surface area (Å²) in [7, 11) is 0. The fraction of sp³-hybridized carbons (Fsp3) is 0.667. The van der Waals surface area contributed by atoms with Crippen LogP contribution in [0.15, 0.2) is 0 Å². The number of carbonyl (C=O) groups is 1. The lowest BCUT2D eigenvalue weighted by Crippen LogP contribution is -2.48. The summed E-state index contributed by atoms with van der Waals surface area (Å²) >= 11 is 1.87. The molecule has 3 aliphatic rings. The molecule has 1 aliphatic carbocycles. The topological polar surface area (TPSA) is 61.8 Å². The number of rotatable bonds is 3.